The SMILES string of the molecule is COc1ccc2c(c1)CCCC2CC(=O)N(C)CCCc1cc(-c2cccc(F)c2)n[nH]1. The normalized spacial score (nSPS) is 15.3. The molecule has 2 aromatic carbocycles. The van der Waals surface area contributed by atoms with Gasteiger partial charge in [0.15, 0.2) is 0 Å². The number of H-pyrrole nitrogens is 1. The number of fused-ring (bicyclic) bond motifs is 1. The van der Waals surface area contributed by atoms with E-state index < -0.39 is 0 Å². The Morgan fingerprint density at radius 2 is 2.12 bits per heavy atom. The highest BCUT2D eigenvalue weighted by atomic mass is 19.1. The van der Waals surface area contributed by atoms with Crippen molar-refractivity contribution in [2.45, 2.75) is 44.4 Å². The Labute approximate surface area is 188 Å². The van der Waals surface area contributed by atoms with Crippen LogP contribution in [0.5, 0.6) is 5.75 Å². The molecule has 1 unspecified atom stereocenters. The molecule has 3 aromatic rings. The van der Waals surface area contributed by atoms with Gasteiger partial charge >= 0.3 is 0 Å². The van der Waals surface area contributed by atoms with E-state index in [1.165, 1.54) is 23.3 Å². The number of benzene rings is 2. The van der Waals surface area contributed by atoms with Crippen molar-refractivity contribution < 1.29 is 13.9 Å². The molecule has 1 amide bonds. The summed E-state index contributed by atoms with van der Waals surface area (Å²) >= 11 is 0. The number of ether oxygens (including phenoxy) is 1. The predicted molar refractivity (Wildman–Crippen MR) is 123 cm³/mol. The van der Waals surface area contributed by atoms with Gasteiger partial charge in [0.2, 0.25) is 5.91 Å². The van der Waals surface area contributed by atoms with E-state index in [2.05, 4.69) is 22.3 Å². The largest absolute Gasteiger partial charge is 0.497 e. The van der Waals surface area contributed by atoms with E-state index in [0.717, 1.165) is 54.8 Å². The maximum Gasteiger partial charge on any atom is 0.222 e. The summed E-state index contributed by atoms with van der Waals surface area (Å²) in [6, 6.07) is 14.6. The Balaban J connectivity index is 1.28. The molecule has 1 heterocycles. The summed E-state index contributed by atoms with van der Waals surface area (Å²) < 4.78 is 18.8. The zero-order chi connectivity index (χ0) is 22.5. The number of carbonyl (C=O) groups excluding carboxylic acids is 1. The summed E-state index contributed by atoms with van der Waals surface area (Å²) in [5, 5.41) is 7.32. The summed E-state index contributed by atoms with van der Waals surface area (Å²) in [7, 11) is 3.57. The van der Waals surface area contributed by atoms with Crippen LogP contribution in [0.1, 0.15) is 48.4 Å². The van der Waals surface area contributed by atoms with Gasteiger partial charge in [-0.2, -0.15) is 5.10 Å². The highest BCUT2D eigenvalue weighted by Crippen LogP contribution is 2.36. The van der Waals surface area contributed by atoms with Gasteiger partial charge < -0.3 is 9.64 Å². The van der Waals surface area contributed by atoms with Gasteiger partial charge in [-0.15, -0.1) is 0 Å². The Morgan fingerprint density at radius 3 is 2.94 bits per heavy atom. The molecule has 6 heteroatoms. The highest BCUT2D eigenvalue weighted by molar-refractivity contribution is 5.77. The van der Waals surface area contributed by atoms with Crippen LogP contribution in [-0.2, 0) is 17.6 Å². The predicted octanol–water partition coefficient (Wildman–Crippen LogP) is 5.13. The van der Waals surface area contributed by atoms with Gasteiger partial charge in [0.05, 0.1) is 12.8 Å². The molecule has 168 valence electrons. The molecule has 5 nitrogen and oxygen atoms in total. The molecular formula is C26H30FN3O2. The van der Waals surface area contributed by atoms with Crippen molar-refractivity contribution in [2.24, 2.45) is 0 Å². The van der Waals surface area contributed by atoms with Gasteiger partial charge in [0, 0.05) is 31.3 Å². The molecule has 0 fully saturated rings. The fourth-order valence-corrected chi connectivity index (χ4v) is 4.51. The summed E-state index contributed by atoms with van der Waals surface area (Å²) in [6.45, 7) is 0.690. The first-order valence-corrected chi connectivity index (χ1v) is 11.2. The minimum absolute atomic E-state index is 0.184. The van der Waals surface area contributed by atoms with Crippen LogP contribution in [-0.4, -0.2) is 41.7 Å². The minimum Gasteiger partial charge on any atom is -0.497 e. The Hall–Kier alpha value is -3.15. The number of hydrogen-bond donors (Lipinski definition) is 1. The summed E-state index contributed by atoms with van der Waals surface area (Å²) in [5.41, 5.74) is 5.08. The van der Waals surface area contributed by atoms with Crippen molar-refractivity contribution in [2.75, 3.05) is 20.7 Å². The Bertz CT molecular complexity index is 1080. The average Bonchev–Trinajstić information content (AvgIpc) is 3.27. The first kappa shape index (κ1) is 22.1. The number of aryl methyl sites for hydroxylation is 2. The van der Waals surface area contributed by atoms with E-state index in [4.69, 9.17) is 4.74 Å². The lowest BCUT2D eigenvalue weighted by atomic mass is 9.80. The third-order valence-corrected chi connectivity index (χ3v) is 6.33. The van der Waals surface area contributed by atoms with E-state index in [9.17, 15) is 9.18 Å². The van der Waals surface area contributed by atoms with Crippen molar-refractivity contribution in [3.05, 3.63) is 71.2 Å². The zero-order valence-corrected chi connectivity index (χ0v) is 18.7. The summed E-state index contributed by atoms with van der Waals surface area (Å²) in [6.07, 6.45) is 5.38. The summed E-state index contributed by atoms with van der Waals surface area (Å²) in [4.78, 5) is 14.7. The zero-order valence-electron chi connectivity index (χ0n) is 18.7. The van der Waals surface area contributed by atoms with Gasteiger partial charge in [0.1, 0.15) is 11.6 Å². The van der Waals surface area contributed by atoms with Crippen molar-refractivity contribution in [1.29, 1.82) is 0 Å². The lowest BCUT2D eigenvalue weighted by Crippen LogP contribution is -2.30. The molecule has 0 bridgehead atoms. The first-order chi connectivity index (χ1) is 15.5. The van der Waals surface area contributed by atoms with E-state index in [0.29, 0.717) is 13.0 Å². The number of aromatic amines is 1. The third kappa shape index (κ3) is 5.18. The van der Waals surface area contributed by atoms with Crippen LogP contribution < -0.4 is 4.74 Å². The Kier molecular flexibility index (Phi) is 6.88. The molecule has 32 heavy (non-hydrogen) atoms. The second-order valence-corrected chi connectivity index (χ2v) is 8.57. The van der Waals surface area contributed by atoms with E-state index >= 15 is 0 Å². The molecule has 1 aromatic heterocycles. The van der Waals surface area contributed by atoms with Gasteiger partial charge in [-0.3, -0.25) is 9.89 Å². The number of nitrogens with one attached hydrogen (secondary N) is 1. The molecule has 0 radical (unpaired) electrons. The van der Waals surface area contributed by atoms with Gasteiger partial charge in [-0.25, -0.2) is 4.39 Å². The van der Waals surface area contributed by atoms with Crippen LogP contribution in [0.25, 0.3) is 11.3 Å². The quantitative estimate of drug-likeness (QED) is 0.534. The smallest absolute Gasteiger partial charge is 0.222 e. The average molecular weight is 436 g/mol. The van der Waals surface area contributed by atoms with Crippen molar-refractivity contribution in [3.63, 3.8) is 0 Å². The van der Waals surface area contributed by atoms with Crippen LogP contribution in [0.3, 0.4) is 0 Å². The highest BCUT2D eigenvalue weighted by Gasteiger charge is 2.24. The molecule has 1 atom stereocenters. The number of nitrogens with zero attached hydrogens (tertiary/aromatic N) is 2. The molecule has 0 saturated carbocycles. The fourth-order valence-electron chi connectivity index (χ4n) is 4.51. The van der Waals surface area contributed by atoms with Crippen LogP contribution in [0.4, 0.5) is 4.39 Å². The maximum absolute atomic E-state index is 13.4. The lowest BCUT2D eigenvalue weighted by Gasteiger charge is -2.27. The number of rotatable bonds is 8. The van der Waals surface area contributed by atoms with Crippen LogP contribution in [0.15, 0.2) is 48.5 Å². The second-order valence-electron chi connectivity index (χ2n) is 8.57. The number of amides is 1. The lowest BCUT2D eigenvalue weighted by molar-refractivity contribution is -0.130. The number of aromatic nitrogens is 2. The standard InChI is InChI=1S/C26H30FN3O2/c1-30(13-5-10-22-17-25(29-28-22)20-8-4-9-21(27)14-20)26(31)16-19-7-3-6-18-15-23(32-2)11-12-24(18)19/h4,8-9,11-12,14-15,17,19H,3,5-7,10,13,16H2,1-2H3,(H,28,29). The molecular weight excluding hydrogens is 405 g/mol. The molecule has 4 rings (SSSR count). The maximum atomic E-state index is 13.4. The number of methoxy groups -OCH3 is 1. The van der Waals surface area contributed by atoms with Crippen molar-refractivity contribution in [1.82, 2.24) is 15.1 Å². The fraction of sp³-hybridized carbons (Fsp3) is 0.385. The van der Waals surface area contributed by atoms with Gasteiger partial charge in [-0.05, 0) is 79.5 Å². The van der Waals surface area contributed by atoms with Gasteiger partial charge in [0.25, 0.3) is 0 Å². The molecule has 1 aliphatic rings. The topological polar surface area (TPSA) is 58.2 Å². The van der Waals surface area contributed by atoms with Crippen LogP contribution >= 0.6 is 0 Å². The first-order valence-electron chi connectivity index (χ1n) is 11.2. The van der Waals surface area contributed by atoms with Gasteiger partial charge in [-0.1, -0.05) is 18.2 Å². The van der Waals surface area contributed by atoms with E-state index in [1.54, 1.807) is 13.2 Å². The van der Waals surface area contributed by atoms with Crippen LogP contribution in [0, 0.1) is 5.82 Å². The molecule has 0 spiro atoms. The van der Waals surface area contributed by atoms with Crippen LogP contribution in [0.2, 0.25) is 0 Å². The molecule has 1 aliphatic carbocycles. The second kappa shape index (κ2) is 9.98. The van der Waals surface area contributed by atoms with Crippen molar-refractivity contribution in [3.8, 4) is 17.0 Å². The molecule has 0 aliphatic heterocycles. The van der Waals surface area contributed by atoms with E-state index in [-0.39, 0.29) is 17.6 Å². The third-order valence-electron chi connectivity index (χ3n) is 6.33. The Morgan fingerprint density at radius 1 is 1.25 bits per heavy atom. The van der Waals surface area contributed by atoms with E-state index in [1.807, 2.05) is 30.1 Å². The van der Waals surface area contributed by atoms with Crippen molar-refractivity contribution >= 4 is 5.91 Å². The number of halogens is 1. The monoisotopic (exact) mass is 435 g/mol. The summed E-state index contributed by atoms with van der Waals surface area (Å²) in [5.74, 6) is 1.07. The molecule has 1 N–H and O–H groups in total. The number of carbonyl (C=O) groups is 1. The minimum atomic E-state index is -0.271. The molecule has 0 saturated heterocycles. The number of hydrogen-bond acceptors (Lipinski definition) is 3.